The van der Waals surface area contributed by atoms with Gasteiger partial charge in [-0.1, -0.05) is 23.7 Å². The van der Waals surface area contributed by atoms with Crippen molar-refractivity contribution in [2.45, 2.75) is 16.5 Å². The number of amides is 1. The lowest BCUT2D eigenvalue weighted by Gasteiger charge is -2.33. The van der Waals surface area contributed by atoms with Crippen LogP contribution < -0.4 is 0 Å². The van der Waals surface area contributed by atoms with Crippen LogP contribution in [0.25, 0.3) is 0 Å². The Bertz CT molecular complexity index is 960. The molecule has 150 valence electrons. The summed E-state index contributed by atoms with van der Waals surface area (Å²) in [4.78, 5) is 13.3. The number of sulfone groups is 1. The van der Waals surface area contributed by atoms with Crippen LogP contribution in [0.3, 0.4) is 0 Å². The molecule has 0 spiro atoms. The van der Waals surface area contributed by atoms with Gasteiger partial charge in [0.1, 0.15) is 6.10 Å². The average Bonchev–Trinajstić information content (AvgIpc) is 2.67. The van der Waals surface area contributed by atoms with Gasteiger partial charge in [0, 0.05) is 17.1 Å². The van der Waals surface area contributed by atoms with Crippen LogP contribution in [0.15, 0.2) is 53.4 Å². The second-order valence-electron chi connectivity index (χ2n) is 6.14. The molecule has 1 amide bonds. The SMILES string of the molecule is O=C(c1ccc(S(=O)(=O)C(F)(F)F)cc1)N1CCOC(c2ccc(Cl)cc2)C1. The van der Waals surface area contributed by atoms with Gasteiger partial charge in [-0.3, -0.25) is 4.79 Å². The van der Waals surface area contributed by atoms with Gasteiger partial charge in [0.2, 0.25) is 0 Å². The van der Waals surface area contributed by atoms with E-state index in [1.165, 1.54) is 4.90 Å². The molecule has 3 rings (SSSR count). The highest BCUT2D eigenvalue weighted by molar-refractivity contribution is 7.92. The first-order valence-corrected chi connectivity index (χ1v) is 10.0. The molecule has 1 saturated heterocycles. The van der Waals surface area contributed by atoms with Crippen molar-refractivity contribution in [3.63, 3.8) is 0 Å². The summed E-state index contributed by atoms with van der Waals surface area (Å²) in [6.45, 7) is 0.855. The van der Waals surface area contributed by atoms with E-state index in [9.17, 15) is 26.4 Å². The zero-order valence-corrected chi connectivity index (χ0v) is 15.9. The normalized spacial score (nSPS) is 18.1. The van der Waals surface area contributed by atoms with Gasteiger partial charge in [-0.25, -0.2) is 8.42 Å². The molecule has 0 radical (unpaired) electrons. The molecule has 0 saturated carbocycles. The maximum atomic E-state index is 12.7. The van der Waals surface area contributed by atoms with E-state index in [-0.39, 0.29) is 18.2 Å². The van der Waals surface area contributed by atoms with E-state index in [0.717, 1.165) is 29.8 Å². The molecule has 5 nitrogen and oxygen atoms in total. The van der Waals surface area contributed by atoms with Crippen LogP contribution in [0, 0.1) is 0 Å². The Morgan fingerprint density at radius 2 is 1.68 bits per heavy atom. The van der Waals surface area contributed by atoms with Crippen molar-refractivity contribution in [3.8, 4) is 0 Å². The number of ether oxygens (including phenoxy) is 1. The number of carbonyl (C=O) groups excluding carboxylic acids is 1. The Hall–Kier alpha value is -2.10. The number of hydrogen-bond donors (Lipinski definition) is 0. The first-order chi connectivity index (χ1) is 13.1. The molecule has 0 aromatic heterocycles. The fraction of sp³-hybridized carbons (Fsp3) is 0.278. The summed E-state index contributed by atoms with van der Waals surface area (Å²) in [5.74, 6) is -0.418. The molecule has 0 aliphatic carbocycles. The Morgan fingerprint density at radius 1 is 1.07 bits per heavy atom. The number of carbonyl (C=O) groups is 1. The van der Waals surface area contributed by atoms with Crippen molar-refractivity contribution < 1.29 is 31.1 Å². The second-order valence-corrected chi connectivity index (χ2v) is 8.51. The van der Waals surface area contributed by atoms with Crippen LogP contribution in [0.1, 0.15) is 22.0 Å². The molecule has 1 atom stereocenters. The smallest absolute Gasteiger partial charge is 0.370 e. The first-order valence-electron chi connectivity index (χ1n) is 8.17. The van der Waals surface area contributed by atoms with E-state index >= 15 is 0 Å². The van der Waals surface area contributed by atoms with E-state index in [1.807, 2.05) is 0 Å². The molecule has 1 unspecified atom stereocenters. The minimum absolute atomic E-state index is 0.0953. The second kappa shape index (κ2) is 7.73. The Kier molecular flexibility index (Phi) is 5.69. The van der Waals surface area contributed by atoms with E-state index in [2.05, 4.69) is 0 Å². The summed E-state index contributed by atoms with van der Waals surface area (Å²) < 4.78 is 66.3. The molecule has 0 bridgehead atoms. The fourth-order valence-corrected chi connectivity index (χ4v) is 3.69. The van der Waals surface area contributed by atoms with Crippen molar-refractivity contribution in [2.24, 2.45) is 0 Å². The van der Waals surface area contributed by atoms with Crippen LogP contribution in [-0.2, 0) is 14.6 Å². The van der Waals surface area contributed by atoms with E-state index < -0.39 is 26.1 Å². The van der Waals surface area contributed by atoms with Crippen LogP contribution in [-0.4, -0.2) is 44.4 Å². The number of morpholine rings is 1. The van der Waals surface area contributed by atoms with Crippen LogP contribution in [0.5, 0.6) is 0 Å². The molecule has 28 heavy (non-hydrogen) atoms. The van der Waals surface area contributed by atoms with Gasteiger partial charge >= 0.3 is 5.51 Å². The predicted octanol–water partition coefficient (Wildman–Crippen LogP) is 3.85. The molecule has 1 aliphatic rings. The number of halogens is 4. The number of alkyl halides is 3. The van der Waals surface area contributed by atoms with Gasteiger partial charge in [-0.2, -0.15) is 13.2 Å². The third-order valence-corrected chi connectivity index (χ3v) is 6.07. The standard InChI is InChI=1S/C18H15ClF3NO4S/c19-14-5-1-12(2-6-14)16-11-23(9-10-27-16)17(24)13-3-7-15(8-4-13)28(25,26)18(20,21)22/h1-8,16H,9-11H2. The zero-order valence-electron chi connectivity index (χ0n) is 14.3. The third kappa shape index (κ3) is 4.16. The van der Waals surface area contributed by atoms with Gasteiger partial charge in [0.05, 0.1) is 18.0 Å². The van der Waals surface area contributed by atoms with Crippen molar-refractivity contribution in [1.29, 1.82) is 0 Å². The largest absolute Gasteiger partial charge is 0.501 e. The fourth-order valence-electron chi connectivity index (χ4n) is 2.81. The van der Waals surface area contributed by atoms with Crippen LogP contribution >= 0.6 is 11.6 Å². The molecule has 1 aliphatic heterocycles. The van der Waals surface area contributed by atoms with Crippen LogP contribution in [0.2, 0.25) is 5.02 Å². The number of benzene rings is 2. The lowest BCUT2D eigenvalue weighted by Crippen LogP contribution is -2.42. The van der Waals surface area contributed by atoms with Crippen molar-refractivity contribution in [1.82, 2.24) is 4.90 Å². The third-order valence-electron chi connectivity index (χ3n) is 4.31. The lowest BCUT2D eigenvalue weighted by molar-refractivity contribution is -0.0436. The van der Waals surface area contributed by atoms with Gasteiger partial charge in [0.15, 0.2) is 0 Å². The highest BCUT2D eigenvalue weighted by Crippen LogP contribution is 2.30. The van der Waals surface area contributed by atoms with Gasteiger partial charge in [-0.05, 0) is 42.0 Å². The summed E-state index contributed by atoms with van der Waals surface area (Å²) >= 11 is 5.86. The maximum Gasteiger partial charge on any atom is 0.501 e. The molecule has 1 fully saturated rings. The summed E-state index contributed by atoms with van der Waals surface area (Å²) in [5.41, 5.74) is -4.46. The van der Waals surface area contributed by atoms with Gasteiger partial charge in [0.25, 0.3) is 15.7 Å². The topological polar surface area (TPSA) is 63.7 Å². The molecule has 2 aromatic rings. The van der Waals surface area contributed by atoms with E-state index in [0.29, 0.717) is 18.2 Å². The van der Waals surface area contributed by atoms with Gasteiger partial charge < -0.3 is 9.64 Å². The Labute approximate surface area is 164 Å². The van der Waals surface area contributed by atoms with Crippen molar-refractivity contribution in [2.75, 3.05) is 19.7 Å². The maximum absolute atomic E-state index is 12.7. The molecule has 1 heterocycles. The summed E-state index contributed by atoms with van der Waals surface area (Å²) in [6, 6.07) is 10.7. The quantitative estimate of drug-likeness (QED) is 0.737. The minimum Gasteiger partial charge on any atom is -0.370 e. The Morgan fingerprint density at radius 3 is 2.25 bits per heavy atom. The molecule has 0 N–H and O–H groups in total. The lowest BCUT2D eigenvalue weighted by atomic mass is 10.1. The van der Waals surface area contributed by atoms with E-state index in [4.69, 9.17) is 16.3 Å². The highest BCUT2D eigenvalue weighted by atomic mass is 35.5. The molecule has 2 aromatic carbocycles. The highest BCUT2D eigenvalue weighted by Gasteiger charge is 2.46. The van der Waals surface area contributed by atoms with Crippen LogP contribution in [0.4, 0.5) is 13.2 Å². The predicted molar refractivity (Wildman–Crippen MR) is 95.7 cm³/mol. The zero-order chi connectivity index (χ0) is 20.5. The van der Waals surface area contributed by atoms with E-state index in [1.54, 1.807) is 24.3 Å². The van der Waals surface area contributed by atoms with Crippen molar-refractivity contribution in [3.05, 3.63) is 64.7 Å². The number of hydrogen-bond acceptors (Lipinski definition) is 4. The molecule has 10 heteroatoms. The summed E-state index contributed by atoms with van der Waals surface area (Å²) in [6.07, 6.45) is -0.361. The summed E-state index contributed by atoms with van der Waals surface area (Å²) in [5, 5.41) is 0.571. The van der Waals surface area contributed by atoms with Gasteiger partial charge in [-0.15, -0.1) is 0 Å². The number of nitrogens with zero attached hydrogens (tertiary/aromatic N) is 1. The van der Waals surface area contributed by atoms with Crippen molar-refractivity contribution >= 4 is 27.3 Å². The first kappa shape index (κ1) is 20.6. The minimum atomic E-state index is -5.45. The monoisotopic (exact) mass is 433 g/mol. The average molecular weight is 434 g/mol. The molecular formula is C18H15ClF3NO4S. The number of rotatable bonds is 3. The summed E-state index contributed by atoms with van der Waals surface area (Å²) in [7, 11) is -5.45. The molecular weight excluding hydrogens is 419 g/mol. The Balaban J connectivity index is 1.75.